The van der Waals surface area contributed by atoms with E-state index in [2.05, 4.69) is 12.2 Å². The lowest BCUT2D eigenvalue weighted by Crippen LogP contribution is -2.53. The molecule has 0 unspecified atom stereocenters. The normalized spacial score (nSPS) is 20.1. The molecule has 0 saturated carbocycles. The maximum Gasteiger partial charge on any atom is 0.266 e. The molecule has 2 aliphatic heterocycles. The number of thiocarbonyl (C=S) groups is 1. The molecule has 3 aromatic rings. The van der Waals surface area contributed by atoms with E-state index >= 15 is 0 Å². The van der Waals surface area contributed by atoms with Crippen LogP contribution in [0.3, 0.4) is 0 Å². The summed E-state index contributed by atoms with van der Waals surface area (Å²) < 4.78 is 7.23. The number of hydrogen-bond acceptors (Lipinski definition) is 5. The van der Waals surface area contributed by atoms with Crippen molar-refractivity contribution in [1.82, 2.24) is 19.7 Å². The lowest BCUT2D eigenvalue weighted by atomic mass is 10.0. The number of nitrogens with one attached hydrogen (secondary N) is 1. The number of benzene rings is 1. The van der Waals surface area contributed by atoms with E-state index in [0.717, 1.165) is 36.7 Å². The first kappa shape index (κ1) is 23.0. The lowest BCUT2D eigenvalue weighted by molar-refractivity contribution is -0.135. The molecule has 4 heterocycles. The van der Waals surface area contributed by atoms with Gasteiger partial charge in [-0.3, -0.25) is 24.6 Å². The molecule has 5 rings (SSSR count). The smallest absolute Gasteiger partial charge is 0.266 e. The first-order valence-corrected chi connectivity index (χ1v) is 12.1. The van der Waals surface area contributed by atoms with Gasteiger partial charge in [-0.05, 0) is 62.7 Å². The molecule has 1 atom stereocenters. The van der Waals surface area contributed by atoms with Crippen molar-refractivity contribution in [3.05, 3.63) is 65.8 Å². The van der Waals surface area contributed by atoms with Crippen LogP contribution in [0.5, 0.6) is 0 Å². The largest absolute Gasteiger partial charge is 0.467 e. The fourth-order valence-electron chi connectivity index (χ4n) is 4.78. The number of piperidine rings is 1. The van der Waals surface area contributed by atoms with Gasteiger partial charge in [-0.25, -0.2) is 0 Å². The predicted octanol–water partition coefficient (Wildman–Crippen LogP) is 3.46. The lowest BCUT2D eigenvalue weighted by Gasteiger charge is -2.33. The maximum absolute atomic E-state index is 13.2. The van der Waals surface area contributed by atoms with Crippen molar-refractivity contribution >= 4 is 52.0 Å². The van der Waals surface area contributed by atoms with Crippen LogP contribution in [-0.4, -0.2) is 49.8 Å². The highest BCUT2D eigenvalue weighted by molar-refractivity contribution is 7.80. The van der Waals surface area contributed by atoms with E-state index in [1.165, 1.54) is 11.2 Å². The van der Waals surface area contributed by atoms with E-state index in [9.17, 15) is 14.4 Å². The minimum absolute atomic E-state index is 0.0240. The third-order valence-corrected chi connectivity index (χ3v) is 6.95. The molecule has 9 heteroatoms. The second-order valence-electron chi connectivity index (χ2n) is 8.95. The van der Waals surface area contributed by atoms with Crippen molar-refractivity contribution in [1.29, 1.82) is 0 Å². The highest BCUT2D eigenvalue weighted by atomic mass is 32.1. The molecule has 2 aromatic heterocycles. The minimum atomic E-state index is -0.550. The Bertz CT molecular complexity index is 1340. The summed E-state index contributed by atoms with van der Waals surface area (Å²) in [5.74, 6) is -0.423. The van der Waals surface area contributed by atoms with Crippen LogP contribution >= 0.6 is 12.2 Å². The summed E-state index contributed by atoms with van der Waals surface area (Å²) >= 11 is 5.23. The zero-order valence-corrected chi connectivity index (χ0v) is 20.2. The molecule has 0 aliphatic carbocycles. The molecule has 0 spiro atoms. The van der Waals surface area contributed by atoms with E-state index < -0.39 is 11.8 Å². The molecule has 180 valence electrons. The van der Waals surface area contributed by atoms with Gasteiger partial charge >= 0.3 is 0 Å². The van der Waals surface area contributed by atoms with Crippen LogP contribution < -0.4 is 5.32 Å². The number of nitrogens with zero attached hydrogens (tertiary/aromatic N) is 3. The molecule has 8 nitrogen and oxygen atoms in total. The first-order chi connectivity index (χ1) is 16.9. The Balaban J connectivity index is 1.47. The number of likely N-dealkylation sites (tertiary alicyclic amines) is 1. The van der Waals surface area contributed by atoms with Gasteiger partial charge in [0.15, 0.2) is 5.11 Å². The van der Waals surface area contributed by atoms with E-state index in [-0.39, 0.29) is 35.7 Å². The molecule has 0 radical (unpaired) electrons. The van der Waals surface area contributed by atoms with Crippen LogP contribution in [0.15, 0.2) is 58.8 Å². The number of aromatic nitrogens is 1. The second-order valence-corrected chi connectivity index (χ2v) is 9.34. The molecule has 2 aliphatic rings. The topological polar surface area (TPSA) is 87.8 Å². The fraction of sp³-hybridized carbons (Fsp3) is 0.308. The van der Waals surface area contributed by atoms with Gasteiger partial charge in [0.1, 0.15) is 17.9 Å². The summed E-state index contributed by atoms with van der Waals surface area (Å²) in [6.45, 7) is 3.18. The number of carbonyl (C=O) groups is 3. The zero-order valence-electron chi connectivity index (χ0n) is 19.4. The molecule has 3 amide bonds. The fourth-order valence-corrected chi connectivity index (χ4v) is 5.02. The van der Waals surface area contributed by atoms with Crippen molar-refractivity contribution in [2.75, 3.05) is 6.54 Å². The minimum Gasteiger partial charge on any atom is -0.467 e. The predicted molar refractivity (Wildman–Crippen MR) is 135 cm³/mol. The maximum atomic E-state index is 13.2. The molecular weight excluding hydrogens is 464 g/mol. The van der Waals surface area contributed by atoms with Crippen molar-refractivity contribution in [3.63, 3.8) is 0 Å². The summed E-state index contributed by atoms with van der Waals surface area (Å²) in [6.07, 6.45) is 8.10. The third-order valence-electron chi connectivity index (χ3n) is 6.63. The van der Waals surface area contributed by atoms with Crippen LogP contribution in [-0.2, 0) is 27.5 Å². The molecule has 35 heavy (non-hydrogen) atoms. The average Bonchev–Trinajstić information content (AvgIpc) is 3.48. The highest BCUT2D eigenvalue weighted by Crippen LogP contribution is 2.26. The van der Waals surface area contributed by atoms with Gasteiger partial charge < -0.3 is 13.9 Å². The van der Waals surface area contributed by atoms with Gasteiger partial charge in [0.05, 0.1) is 12.8 Å². The Kier molecular flexibility index (Phi) is 6.25. The van der Waals surface area contributed by atoms with Gasteiger partial charge in [-0.15, -0.1) is 0 Å². The van der Waals surface area contributed by atoms with Gasteiger partial charge in [0, 0.05) is 35.2 Å². The van der Waals surface area contributed by atoms with E-state index in [1.807, 2.05) is 39.9 Å². The van der Waals surface area contributed by atoms with Crippen LogP contribution in [0.4, 0.5) is 0 Å². The Morgan fingerprint density at radius 1 is 1.20 bits per heavy atom. The summed E-state index contributed by atoms with van der Waals surface area (Å²) in [7, 11) is 0. The van der Waals surface area contributed by atoms with Crippen molar-refractivity contribution < 1.29 is 18.8 Å². The van der Waals surface area contributed by atoms with Crippen LogP contribution in [0, 0.1) is 0 Å². The van der Waals surface area contributed by atoms with Gasteiger partial charge in [0.25, 0.3) is 11.8 Å². The Hall–Kier alpha value is -3.72. The first-order valence-electron chi connectivity index (χ1n) is 11.7. The van der Waals surface area contributed by atoms with Crippen molar-refractivity contribution in [3.8, 4) is 0 Å². The van der Waals surface area contributed by atoms with Crippen molar-refractivity contribution in [2.24, 2.45) is 0 Å². The van der Waals surface area contributed by atoms with Gasteiger partial charge in [-0.2, -0.15) is 0 Å². The number of rotatable bonds is 5. The molecule has 0 bridgehead atoms. The highest BCUT2D eigenvalue weighted by Gasteiger charge is 2.34. The Morgan fingerprint density at radius 2 is 2.03 bits per heavy atom. The van der Waals surface area contributed by atoms with Gasteiger partial charge in [-0.1, -0.05) is 18.2 Å². The molecule has 2 saturated heterocycles. The number of hydrogen-bond donors (Lipinski definition) is 1. The monoisotopic (exact) mass is 490 g/mol. The summed E-state index contributed by atoms with van der Waals surface area (Å²) in [5.41, 5.74) is 1.53. The Morgan fingerprint density at radius 3 is 2.80 bits per heavy atom. The van der Waals surface area contributed by atoms with E-state index in [0.29, 0.717) is 11.3 Å². The van der Waals surface area contributed by atoms with Crippen LogP contribution in [0.25, 0.3) is 17.0 Å². The number of fused-ring (bicyclic) bond motifs is 1. The van der Waals surface area contributed by atoms with Gasteiger partial charge in [0.2, 0.25) is 5.91 Å². The molecule has 2 fully saturated rings. The average molecular weight is 491 g/mol. The SMILES string of the molecule is C[C@@H]1CCCCN1C(=O)Cn1cc(/C=C2/C(=O)NC(=S)N(Cc3ccco3)C2=O)c2ccccc21. The number of carbonyl (C=O) groups excluding carboxylic acids is 3. The number of amides is 3. The standard InChI is InChI=1S/C26H26N4O4S/c1-17-7-4-5-11-29(17)23(31)16-28-14-18(20-9-2-3-10-22(20)28)13-21-24(32)27-26(35)30(25(21)33)15-19-8-6-12-34-19/h2-3,6,8-10,12-14,17H,4-5,7,11,15-16H2,1H3,(H,27,32,35)/b21-13-/t17-/m1/s1. The molecular formula is C26H26N4O4S. The quantitative estimate of drug-likeness (QED) is 0.336. The van der Waals surface area contributed by atoms with E-state index in [4.69, 9.17) is 16.6 Å². The van der Waals surface area contributed by atoms with Crippen LogP contribution in [0.2, 0.25) is 0 Å². The van der Waals surface area contributed by atoms with E-state index in [1.54, 1.807) is 18.2 Å². The second kappa shape index (κ2) is 9.50. The number of furan rings is 1. The van der Waals surface area contributed by atoms with Crippen LogP contribution in [0.1, 0.15) is 37.5 Å². The Labute approximate surface area is 208 Å². The summed E-state index contributed by atoms with van der Waals surface area (Å²) in [6, 6.07) is 11.4. The zero-order chi connectivity index (χ0) is 24.5. The molecule has 1 aromatic carbocycles. The summed E-state index contributed by atoms with van der Waals surface area (Å²) in [4.78, 5) is 42.3. The number of para-hydroxylation sites is 1. The van der Waals surface area contributed by atoms with Crippen molar-refractivity contribution in [2.45, 2.75) is 45.3 Å². The third kappa shape index (κ3) is 4.51. The summed E-state index contributed by atoms with van der Waals surface area (Å²) in [5, 5.41) is 3.49. The molecule has 1 N–H and O–H groups in total.